The Labute approximate surface area is 232 Å². The van der Waals surface area contributed by atoms with Crippen molar-refractivity contribution in [3.8, 4) is 0 Å². The van der Waals surface area contributed by atoms with Gasteiger partial charge in [-0.1, -0.05) is 65.7 Å². The number of amides is 2. The lowest BCUT2D eigenvalue weighted by Crippen LogP contribution is -2.51. The lowest BCUT2D eigenvalue weighted by molar-refractivity contribution is -0.127. The van der Waals surface area contributed by atoms with Crippen LogP contribution in [0.2, 0.25) is 10.0 Å². The van der Waals surface area contributed by atoms with E-state index in [0.717, 1.165) is 4.90 Å². The van der Waals surface area contributed by atoms with Crippen LogP contribution in [0, 0.1) is 11.8 Å². The largest absolute Gasteiger partial charge is 0.462 e. The molecule has 2 amide bonds. The third kappa shape index (κ3) is 3.45. The van der Waals surface area contributed by atoms with Gasteiger partial charge in [0.1, 0.15) is 0 Å². The van der Waals surface area contributed by atoms with E-state index in [-0.39, 0.29) is 39.0 Å². The summed E-state index contributed by atoms with van der Waals surface area (Å²) in [6.07, 6.45) is -1.15. The molecular weight excluding hydrogens is 545 g/mol. The van der Waals surface area contributed by atoms with Gasteiger partial charge in [-0.05, 0) is 36.8 Å². The predicted molar refractivity (Wildman–Crippen MR) is 140 cm³/mol. The van der Waals surface area contributed by atoms with Crippen LogP contribution in [-0.2, 0) is 19.1 Å². The minimum absolute atomic E-state index is 0.0153. The third-order valence-electron chi connectivity index (χ3n) is 7.44. The number of halogens is 2. The number of rotatable bonds is 4. The maximum absolute atomic E-state index is 14.0. The number of esters is 1. The molecule has 1 aliphatic carbocycles. The topological polar surface area (TPSA) is 107 Å². The fraction of sp³-hybridized carbons (Fsp3) is 0.207. The first-order valence-corrected chi connectivity index (χ1v) is 12.9. The molecule has 3 aromatic rings. The quantitative estimate of drug-likeness (QED) is 0.253. The van der Waals surface area contributed by atoms with Crippen molar-refractivity contribution in [2.75, 3.05) is 11.5 Å². The second-order valence-electron chi connectivity index (χ2n) is 9.41. The Bertz CT molecular complexity index is 1560. The highest BCUT2D eigenvalue weighted by Crippen LogP contribution is 2.58. The highest BCUT2D eigenvalue weighted by Gasteiger charge is 2.74. The molecule has 2 fully saturated rings. The van der Waals surface area contributed by atoms with Crippen molar-refractivity contribution in [2.24, 2.45) is 11.8 Å². The van der Waals surface area contributed by atoms with Crippen molar-refractivity contribution < 1.29 is 33.4 Å². The van der Waals surface area contributed by atoms with Crippen molar-refractivity contribution in [3.63, 3.8) is 0 Å². The average Bonchev–Trinajstić information content (AvgIpc) is 3.50. The molecule has 2 heterocycles. The first kappa shape index (κ1) is 25.4. The van der Waals surface area contributed by atoms with Crippen LogP contribution in [0.1, 0.15) is 49.7 Å². The number of hydrogen-bond acceptors (Lipinski definition) is 7. The zero-order valence-corrected chi connectivity index (χ0v) is 21.9. The van der Waals surface area contributed by atoms with Gasteiger partial charge < -0.3 is 9.47 Å². The van der Waals surface area contributed by atoms with E-state index in [0.29, 0.717) is 5.56 Å². The normalized spacial score (nSPS) is 22.9. The fourth-order valence-electron chi connectivity index (χ4n) is 5.74. The maximum atomic E-state index is 14.0. The smallest absolute Gasteiger partial charge is 0.338 e. The zero-order chi connectivity index (χ0) is 27.6. The van der Waals surface area contributed by atoms with Gasteiger partial charge in [0, 0.05) is 11.1 Å². The molecule has 0 bridgehead atoms. The Kier molecular flexibility index (Phi) is 5.95. The van der Waals surface area contributed by atoms with Crippen LogP contribution in [0.25, 0.3) is 0 Å². The summed E-state index contributed by atoms with van der Waals surface area (Å²) in [6, 6.07) is 16.8. The van der Waals surface area contributed by atoms with Crippen LogP contribution in [-0.4, -0.2) is 41.6 Å². The molecule has 39 heavy (non-hydrogen) atoms. The van der Waals surface area contributed by atoms with E-state index in [9.17, 15) is 24.0 Å². The second kappa shape index (κ2) is 9.12. The van der Waals surface area contributed by atoms with E-state index >= 15 is 0 Å². The first-order chi connectivity index (χ1) is 18.7. The predicted octanol–water partition coefficient (Wildman–Crippen LogP) is 4.87. The van der Waals surface area contributed by atoms with Crippen LogP contribution < -0.4 is 4.90 Å². The molecule has 6 rings (SSSR count). The number of fused-ring (bicyclic) bond motifs is 3. The van der Waals surface area contributed by atoms with Gasteiger partial charge in [-0.3, -0.25) is 19.2 Å². The van der Waals surface area contributed by atoms with Crippen LogP contribution in [0.3, 0.4) is 0 Å². The summed E-state index contributed by atoms with van der Waals surface area (Å²) in [5.41, 5.74) is -1.25. The summed E-state index contributed by atoms with van der Waals surface area (Å²) >= 11 is 12.6. The molecule has 196 valence electrons. The highest BCUT2D eigenvalue weighted by molar-refractivity contribution is 6.45. The number of carbonyl (C=O) groups is 5. The molecule has 10 heteroatoms. The Morgan fingerprint density at radius 3 is 2.15 bits per heavy atom. The summed E-state index contributed by atoms with van der Waals surface area (Å²) in [7, 11) is 0. The monoisotopic (exact) mass is 563 g/mol. The van der Waals surface area contributed by atoms with Gasteiger partial charge in [-0.25, -0.2) is 9.69 Å². The standard InChI is InChI=1S/C29H19Cl2NO7/c1-2-38-28(37)15-12-10-14(11-13-15)23-20-21(27(36)32(26(20)35)19-9-5-8-18(30)22(19)31)29(39-23)24(33)16-6-3-4-7-17(16)25(29)34/h3-13,20-21,23H,2H2,1H3/t20-,21-,23+/m1/s1. The van der Waals surface area contributed by atoms with Crippen molar-refractivity contribution in [2.45, 2.75) is 18.6 Å². The maximum Gasteiger partial charge on any atom is 0.338 e. The summed E-state index contributed by atoms with van der Waals surface area (Å²) in [4.78, 5) is 68.7. The third-order valence-corrected chi connectivity index (χ3v) is 8.25. The molecule has 0 N–H and O–H groups in total. The van der Waals surface area contributed by atoms with Gasteiger partial charge in [0.15, 0.2) is 0 Å². The molecule has 0 unspecified atom stereocenters. The van der Waals surface area contributed by atoms with Gasteiger partial charge in [0.05, 0.1) is 45.8 Å². The minimum Gasteiger partial charge on any atom is -0.462 e. The van der Waals surface area contributed by atoms with E-state index in [1.165, 1.54) is 42.5 Å². The summed E-state index contributed by atoms with van der Waals surface area (Å²) in [5.74, 6) is -6.01. The number of carbonyl (C=O) groups excluding carboxylic acids is 5. The molecular formula is C29H19Cl2NO7. The fourth-order valence-corrected chi connectivity index (χ4v) is 6.12. The lowest BCUT2D eigenvalue weighted by atomic mass is 9.77. The second-order valence-corrected chi connectivity index (χ2v) is 10.2. The summed E-state index contributed by atoms with van der Waals surface area (Å²) in [6.45, 7) is 1.88. The Balaban J connectivity index is 1.50. The van der Waals surface area contributed by atoms with Crippen molar-refractivity contribution in [1.29, 1.82) is 0 Å². The van der Waals surface area contributed by atoms with Gasteiger partial charge in [-0.15, -0.1) is 0 Å². The molecule has 3 aliphatic rings. The van der Waals surface area contributed by atoms with Crippen LogP contribution in [0.5, 0.6) is 0 Å². The number of hydrogen-bond donors (Lipinski definition) is 0. The van der Waals surface area contributed by atoms with Crippen molar-refractivity contribution in [1.82, 2.24) is 0 Å². The Hall–Kier alpha value is -3.85. The minimum atomic E-state index is -2.23. The van der Waals surface area contributed by atoms with Gasteiger partial charge >= 0.3 is 5.97 Å². The molecule has 3 aromatic carbocycles. The average molecular weight is 564 g/mol. The van der Waals surface area contributed by atoms with Crippen molar-refractivity contribution in [3.05, 3.63) is 99.0 Å². The van der Waals surface area contributed by atoms with Gasteiger partial charge in [0.25, 0.3) is 0 Å². The molecule has 0 radical (unpaired) electrons. The van der Waals surface area contributed by atoms with Gasteiger partial charge in [-0.2, -0.15) is 0 Å². The molecule has 1 spiro atoms. The van der Waals surface area contributed by atoms with Crippen LogP contribution in [0.15, 0.2) is 66.7 Å². The molecule has 8 nitrogen and oxygen atoms in total. The van der Waals surface area contributed by atoms with E-state index in [4.69, 9.17) is 32.7 Å². The number of nitrogens with zero attached hydrogens (tertiary/aromatic N) is 1. The number of benzene rings is 3. The molecule has 2 aliphatic heterocycles. The zero-order valence-electron chi connectivity index (χ0n) is 20.4. The first-order valence-electron chi connectivity index (χ1n) is 12.2. The highest BCUT2D eigenvalue weighted by atomic mass is 35.5. The van der Waals surface area contributed by atoms with Gasteiger partial charge in [0.2, 0.25) is 29.0 Å². The number of ketones is 2. The van der Waals surface area contributed by atoms with E-state index in [1.807, 2.05) is 0 Å². The number of Topliss-reactive ketones (excluding diaryl/α,β-unsaturated/α-hetero) is 2. The number of ether oxygens (including phenoxy) is 2. The lowest BCUT2D eigenvalue weighted by Gasteiger charge is -2.27. The molecule has 2 saturated heterocycles. The SMILES string of the molecule is CCOC(=O)c1ccc([C@@H]2OC3(C(=O)c4ccccc4C3=O)[C@H]3C(=O)N(c4cccc(Cl)c4Cl)C(=O)[C@@H]23)cc1. The number of anilines is 1. The molecule has 3 atom stereocenters. The van der Waals surface area contributed by atoms with E-state index in [2.05, 4.69) is 0 Å². The van der Waals surface area contributed by atoms with E-state index < -0.39 is 52.9 Å². The molecule has 0 saturated carbocycles. The summed E-state index contributed by atoms with van der Waals surface area (Å²) in [5, 5.41) is 0.114. The Morgan fingerprint density at radius 1 is 0.897 bits per heavy atom. The Morgan fingerprint density at radius 2 is 1.54 bits per heavy atom. The van der Waals surface area contributed by atoms with Crippen molar-refractivity contribution >= 4 is 58.2 Å². The molecule has 0 aromatic heterocycles. The van der Waals surface area contributed by atoms with Crippen LogP contribution in [0.4, 0.5) is 5.69 Å². The summed E-state index contributed by atoms with van der Waals surface area (Å²) < 4.78 is 11.3. The number of imide groups is 1. The van der Waals surface area contributed by atoms with Crippen LogP contribution >= 0.6 is 23.2 Å². The van der Waals surface area contributed by atoms with E-state index in [1.54, 1.807) is 31.2 Å².